The summed E-state index contributed by atoms with van der Waals surface area (Å²) in [5.41, 5.74) is 1.33. The smallest absolute Gasteiger partial charge is 0.310 e. The van der Waals surface area contributed by atoms with E-state index in [-0.39, 0.29) is 43.4 Å². The van der Waals surface area contributed by atoms with Crippen LogP contribution in [-0.4, -0.2) is 36.9 Å². The van der Waals surface area contributed by atoms with Gasteiger partial charge in [-0.15, -0.1) is 0 Å². The van der Waals surface area contributed by atoms with Gasteiger partial charge in [-0.25, -0.2) is 0 Å². The highest BCUT2D eigenvalue weighted by Crippen LogP contribution is 2.68. The van der Waals surface area contributed by atoms with Gasteiger partial charge in [-0.3, -0.25) is 9.59 Å². The normalized spacial score (nSPS) is 26.6. The molecule has 1 N–H and O–H groups in total. The predicted octanol–water partition coefficient (Wildman–Crippen LogP) is 2.24. The first kappa shape index (κ1) is 17.9. The van der Waals surface area contributed by atoms with Gasteiger partial charge in [-0.1, -0.05) is 38.1 Å². The van der Waals surface area contributed by atoms with E-state index in [4.69, 9.17) is 9.47 Å². The fourth-order valence-corrected chi connectivity index (χ4v) is 4.13. The number of benzene rings is 1. The molecular formula is C20H26O5. The minimum atomic E-state index is -0.483. The first-order chi connectivity index (χ1) is 11.9. The Balaban J connectivity index is 1.78. The highest BCUT2D eigenvalue weighted by Gasteiger charge is 2.73. The molecule has 0 aromatic heterocycles. The highest BCUT2D eigenvalue weighted by atomic mass is 16.5. The average molecular weight is 346 g/mol. The Labute approximate surface area is 148 Å². The second kappa shape index (κ2) is 6.45. The lowest BCUT2D eigenvalue weighted by Gasteiger charge is -2.22. The molecule has 5 nitrogen and oxygen atoms in total. The summed E-state index contributed by atoms with van der Waals surface area (Å²) in [5, 5.41) is 9.30. The van der Waals surface area contributed by atoms with Gasteiger partial charge in [0.15, 0.2) is 0 Å². The molecule has 0 unspecified atom stereocenters. The third kappa shape index (κ3) is 3.06. The van der Waals surface area contributed by atoms with Crippen LogP contribution in [0.25, 0.3) is 0 Å². The van der Waals surface area contributed by atoms with E-state index in [9.17, 15) is 14.7 Å². The van der Waals surface area contributed by atoms with Crippen LogP contribution < -0.4 is 0 Å². The number of hydrogen-bond acceptors (Lipinski definition) is 5. The molecule has 1 aromatic rings. The maximum atomic E-state index is 12.5. The molecule has 0 radical (unpaired) electrons. The van der Waals surface area contributed by atoms with Crippen LogP contribution in [-0.2, 0) is 30.9 Å². The number of carbonyl (C=O) groups excluding carboxylic acids is 2. The lowest BCUT2D eigenvalue weighted by atomic mass is 9.89. The molecule has 0 heterocycles. The lowest BCUT2D eigenvalue weighted by molar-refractivity contribution is -0.149. The van der Waals surface area contributed by atoms with Crippen molar-refractivity contribution >= 4 is 11.9 Å². The van der Waals surface area contributed by atoms with Gasteiger partial charge in [0.2, 0.25) is 0 Å². The minimum absolute atomic E-state index is 0.0532. The summed E-state index contributed by atoms with van der Waals surface area (Å²) >= 11 is 0. The minimum Gasteiger partial charge on any atom is -0.466 e. The first-order valence-corrected chi connectivity index (χ1v) is 8.87. The van der Waals surface area contributed by atoms with E-state index in [1.807, 2.05) is 32.0 Å². The topological polar surface area (TPSA) is 72.8 Å². The molecule has 2 aliphatic carbocycles. The van der Waals surface area contributed by atoms with Crippen molar-refractivity contribution in [2.45, 2.75) is 39.0 Å². The highest BCUT2D eigenvalue weighted by molar-refractivity contribution is 5.85. The molecule has 0 spiro atoms. The Morgan fingerprint density at radius 2 is 2.00 bits per heavy atom. The first-order valence-electron chi connectivity index (χ1n) is 8.87. The maximum Gasteiger partial charge on any atom is 0.310 e. The van der Waals surface area contributed by atoms with E-state index < -0.39 is 10.8 Å². The zero-order valence-electron chi connectivity index (χ0n) is 15.1. The molecule has 5 heteroatoms. The summed E-state index contributed by atoms with van der Waals surface area (Å²) in [6.45, 7) is 5.92. The second-order valence-electron chi connectivity index (χ2n) is 7.90. The molecule has 0 amide bonds. The fraction of sp³-hybridized carbons (Fsp3) is 0.600. The molecule has 3 atom stereocenters. The predicted molar refractivity (Wildman–Crippen MR) is 91.9 cm³/mol. The molecule has 0 aliphatic heterocycles. The van der Waals surface area contributed by atoms with Gasteiger partial charge in [0, 0.05) is 10.8 Å². The van der Waals surface area contributed by atoms with Gasteiger partial charge in [0.25, 0.3) is 0 Å². The zero-order chi connectivity index (χ0) is 18.2. The molecule has 1 aromatic carbocycles. The van der Waals surface area contributed by atoms with Crippen molar-refractivity contribution in [3.8, 4) is 0 Å². The van der Waals surface area contributed by atoms with Crippen LogP contribution in [0.2, 0.25) is 0 Å². The zero-order valence-corrected chi connectivity index (χ0v) is 15.1. The molecule has 0 saturated heterocycles. The van der Waals surface area contributed by atoms with Crippen molar-refractivity contribution in [2.75, 3.05) is 19.8 Å². The van der Waals surface area contributed by atoms with E-state index in [0.717, 1.165) is 12.0 Å². The Morgan fingerprint density at radius 3 is 2.68 bits per heavy atom. The van der Waals surface area contributed by atoms with Crippen molar-refractivity contribution in [3.63, 3.8) is 0 Å². The summed E-state index contributed by atoms with van der Waals surface area (Å²) in [5.74, 6) is -0.691. The van der Waals surface area contributed by atoms with Gasteiger partial charge < -0.3 is 14.6 Å². The molecular weight excluding hydrogens is 320 g/mol. The van der Waals surface area contributed by atoms with E-state index in [0.29, 0.717) is 6.61 Å². The summed E-state index contributed by atoms with van der Waals surface area (Å²) < 4.78 is 10.6. The number of hydrogen-bond donors (Lipinski definition) is 1. The SMILES string of the molecule is CCOC(=O)[C@H]1[C@@H]2Cc3ccccc3[C@@]21CC(=O)OCC(C)(C)CO. The second-order valence-corrected chi connectivity index (χ2v) is 7.90. The van der Waals surface area contributed by atoms with Crippen LogP contribution in [0.5, 0.6) is 0 Å². The van der Waals surface area contributed by atoms with Gasteiger partial charge >= 0.3 is 11.9 Å². The Bertz CT molecular complexity index is 680. The van der Waals surface area contributed by atoms with E-state index in [1.165, 1.54) is 5.56 Å². The van der Waals surface area contributed by atoms with E-state index >= 15 is 0 Å². The van der Waals surface area contributed by atoms with Crippen molar-refractivity contribution in [3.05, 3.63) is 35.4 Å². The lowest BCUT2D eigenvalue weighted by Crippen LogP contribution is -2.28. The summed E-state index contributed by atoms with van der Waals surface area (Å²) in [6.07, 6.45) is 0.981. The maximum absolute atomic E-state index is 12.5. The third-order valence-electron chi connectivity index (χ3n) is 5.50. The molecule has 0 bridgehead atoms. The standard InChI is InChI=1S/C20H26O5/c1-4-24-18(23)17-15-9-13-7-5-6-8-14(13)20(15,17)10-16(22)25-12-19(2,3)11-21/h5-8,15,17,21H,4,9-12H2,1-3H3/t15-,17+,20-/m0/s1. The molecule has 1 fully saturated rings. The number of ether oxygens (including phenoxy) is 2. The number of aliphatic hydroxyl groups is 1. The number of aliphatic hydroxyl groups excluding tert-OH is 1. The Morgan fingerprint density at radius 1 is 1.28 bits per heavy atom. The van der Waals surface area contributed by atoms with Crippen LogP contribution in [0.1, 0.15) is 38.3 Å². The molecule has 3 rings (SSSR count). The number of rotatable bonds is 7. The number of fused-ring (bicyclic) bond motifs is 3. The third-order valence-corrected chi connectivity index (χ3v) is 5.50. The van der Waals surface area contributed by atoms with Crippen molar-refractivity contribution in [2.24, 2.45) is 17.3 Å². The van der Waals surface area contributed by atoms with Crippen LogP contribution in [0, 0.1) is 17.3 Å². The van der Waals surface area contributed by atoms with Gasteiger partial charge in [0.05, 0.1) is 32.2 Å². The number of esters is 2. The van der Waals surface area contributed by atoms with Crippen LogP contribution in [0.4, 0.5) is 0 Å². The Hall–Kier alpha value is -1.88. The summed E-state index contributed by atoms with van der Waals surface area (Å²) in [7, 11) is 0. The van der Waals surface area contributed by atoms with Gasteiger partial charge in [-0.2, -0.15) is 0 Å². The van der Waals surface area contributed by atoms with Crippen LogP contribution in [0.15, 0.2) is 24.3 Å². The largest absolute Gasteiger partial charge is 0.466 e. The summed E-state index contributed by atoms with van der Waals surface area (Å²) in [4.78, 5) is 24.8. The Kier molecular flexibility index (Phi) is 4.62. The van der Waals surface area contributed by atoms with Crippen molar-refractivity contribution < 1.29 is 24.2 Å². The van der Waals surface area contributed by atoms with Crippen molar-refractivity contribution in [1.82, 2.24) is 0 Å². The van der Waals surface area contributed by atoms with Gasteiger partial charge in [-0.05, 0) is 30.4 Å². The number of carbonyl (C=O) groups is 2. The average Bonchev–Trinajstić information content (AvgIpc) is 3.09. The summed E-state index contributed by atoms with van der Waals surface area (Å²) in [6, 6.07) is 8.01. The molecule has 136 valence electrons. The monoisotopic (exact) mass is 346 g/mol. The van der Waals surface area contributed by atoms with Gasteiger partial charge in [0.1, 0.15) is 0 Å². The van der Waals surface area contributed by atoms with Crippen molar-refractivity contribution in [1.29, 1.82) is 0 Å². The quantitative estimate of drug-likeness (QED) is 0.767. The fourth-order valence-electron chi connectivity index (χ4n) is 4.13. The molecule has 1 saturated carbocycles. The van der Waals surface area contributed by atoms with E-state index in [1.54, 1.807) is 6.92 Å². The molecule has 2 aliphatic rings. The van der Waals surface area contributed by atoms with E-state index in [2.05, 4.69) is 6.07 Å². The molecule has 25 heavy (non-hydrogen) atoms. The van der Waals surface area contributed by atoms with Crippen LogP contribution in [0.3, 0.4) is 0 Å². The van der Waals surface area contributed by atoms with Crippen LogP contribution >= 0.6 is 0 Å².